The summed E-state index contributed by atoms with van der Waals surface area (Å²) in [6, 6.07) is 6.40. The maximum atomic E-state index is 12.7. The molecule has 1 saturated heterocycles. The fourth-order valence-electron chi connectivity index (χ4n) is 3.09. The van der Waals surface area contributed by atoms with Gasteiger partial charge in [0.05, 0.1) is 11.7 Å². The molecule has 0 radical (unpaired) electrons. The standard InChI is InChI=1S/C17H26N2O/c1-4-13-9-7-10-14(5-2)16(13)19-12-8-11-15(17(19)20)18-6-3/h7,9-10,15,18H,4-6,8,11-12H2,1-3H3. The van der Waals surface area contributed by atoms with E-state index in [4.69, 9.17) is 0 Å². The van der Waals surface area contributed by atoms with E-state index in [-0.39, 0.29) is 11.9 Å². The highest BCUT2D eigenvalue weighted by Crippen LogP contribution is 2.30. The van der Waals surface area contributed by atoms with Gasteiger partial charge in [0.15, 0.2) is 0 Å². The van der Waals surface area contributed by atoms with Crippen LogP contribution in [0.1, 0.15) is 44.7 Å². The van der Waals surface area contributed by atoms with E-state index in [2.05, 4.69) is 44.3 Å². The Morgan fingerprint density at radius 3 is 2.40 bits per heavy atom. The Morgan fingerprint density at radius 1 is 1.20 bits per heavy atom. The maximum Gasteiger partial charge on any atom is 0.244 e. The summed E-state index contributed by atoms with van der Waals surface area (Å²) in [7, 11) is 0. The molecule has 0 aromatic heterocycles. The van der Waals surface area contributed by atoms with Gasteiger partial charge in [-0.1, -0.05) is 39.0 Å². The number of carbonyl (C=O) groups excluding carboxylic acids is 1. The van der Waals surface area contributed by atoms with Crippen molar-refractivity contribution in [1.82, 2.24) is 5.32 Å². The monoisotopic (exact) mass is 274 g/mol. The molecule has 1 aromatic rings. The van der Waals surface area contributed by atoms with Gasteiger partial charge in [-0.05, 0) is 43.4 Å². The number of hydrogen-bond donors (Lipinski definition) is 1. The lowest BCUT2D eigenvalue weighted by Gasteiger charge is -2.35. The van der Waals surface area contributed by atoms with E-state index in [9.17, 15) is 4.79 Å². The van der Waals surface area contributed by atoms with Gasteiger partial charge in [0, 0.05) is 6.54 Å². The van der Waals surface area contributed by atoms with Crippen LogP contribution in [0.15, 0.2) is 18.2 Å². The molecule has 0 aliphatic carbocycles. The SMILES string of the molecule is CCNC1CCCN(c2c(CC)cccc2CC)C1=O. The fourth-order valence-corrected chi connectivity index (χ4v) is 3.09. The van der Waals surface area contributed by atoms with Crippen LogP contribution in [-0.2, 0) is 17.6 Å². The summed E-state index contributed by atoms with van der Waals surface area (Å²) in [5.74, 6) is 0.244. The molecule has 0 saturated carbocycles. The lowest BCUT2D eigenvalue weighted by Crippen LogP contribution is -2.51. The number of likely N-dealkylation sites (N-methyl/N-ethyl adjacent to an activating group) is 1. The third-order valence-electron chi connectivity index (χ3n) is 4.12. The number of para-hydroxylation sites is 1. The molecule has 1 atom stereocenters. The van der Waals surface area contributed by atoms with Crippen molar-refractivity contribution in [3.05, 3.63) is 29.3 Å². The van der Waals surface area contributed by atoms with Crippen molar-refractivity contribution in [3.63, 3.8) is 0 Å². The van der Waals surface area contributed by atoms with E-state index in [1.807, 2.05) is 4.90 Å². The van der Waals surface area contributed by atoms with Gasteiger partial charge in [0.1, 0.15) is 0 Å². The van der Waals surface area contributed by atoms with Crippen molar-refractivity contribution in [2.75, 3.05) is 18.0 Å². The zero-order chi connectivity index (χ0) is 14.5. The Kier molecular flexibility index (Phi) is 5.18. The molecule has 1 aromatic carbocycles. The number of piperidine rings is 1. The first-order valence-electron chi connectivity index (χ1n) is 7.88. The largest absolute Gasteiger partial charge is 0.311 e. The van der Waals surface area contributed by atoms with Crippen LogP contribution in [0.3, 0.4) is 0 Å². The number of nitrogens with one attached hydrogen (secondary N) is 1. The quantitative estimate of drug-likeness (QED) is 0.895. The van der Waals surface area contributed by atoms with Gasteiger partial charge in [-0.3, -0.25) is 4.79 Å². The van der Waals surface area contributed by atoms with Crippen LogP contribution < -0.4 is 10.2 Å². The van der Waals surface area contributed by atoms with E-state index < -0.39 is 0 Å². The minimum atomic E-state index is -0.0108. The fraction of sp³-hybridized carbons (Fsp3) is 0.588. The molecule has 1 fully saturated rings. The predicted molar refractivity (Wildman–Crippen MR) is 84.2 cm³/mol. The van der Waals surface area contributed by atoms with Gasteiger partial charge >= 0.3 is 0 Å². The second-order valence-corrected chi connectivity index (χ2v) is 5.37. The number of hydrogen-bond acceptors (Lipinski definition) is 2. The van der Waals surface area contributed by atoms with Crippen molar-refractivity contribution >= 4 is 11.6 Å². The number of benzene rings is 1. The molecule has 3 nitrogen and oxygen atoms in total. The van der Waals surface area contributed by atoms with Crippen molar-refractivity contribution in [2.24, 2.45) is 0 Å². The number of carbonyl (C=O) groups is 1. The molecule has 1 amide bonds. The molecule has 110 valence electrons. The Bertz CT molecular complexity index is 446. The molecular weight excluding hydrogens is 248 g/mol. The molecular formula is C17H26N2O. The number of amides is 1. The van der Waals surface area contributed by atoms with Crippen LogP contribution in [0, 0.1) is 0 Å². The summed E-state index contributed by atoms with van der Waals surface area (Å²) in [4.78, 5) is 14.7. The van der Waals surface area contributed by atoms with Crippen molar-refractivity contribution < 1.29 is 4.79 Å². The second kappa shape index (κ2) is 6.89. The third kappa shape index (κ3) is 2.88. The van der Waals surface area contributed by atoms with Gasteiger partial charge in [-0.2, -0.15) is 0 Å². The Morgan fingerprint density at radius 2 is 1.85 bits per heavy atom. The van der Waals surface area contributed by atoms with Gasteiger partial charge in [-0.25, -0.2) is 0 Å². The summed E-state index contributed by atoms with van der Waals surface area (Å²) < 4.78 is 0. The number of rotatable bonds is 5. The lowest BCUT2D eigenvalue weighted by molar-refractivity contribution is -0.121. The van der Waals surface area contributed by atoms with Crippen LogP contribution >= 0.6 is 0 Å². The number of aryl methyl sites for hydroxylation is 2. The number of nitrogens with zero attached hydrogens (tertiary/aromatic N) is 1. The molecule has 0 bridgehead atoms. The van der Waals surface area contributed by atoms with Crippen LogP contribution in [-0.4, -0.2) is 25.0 Å². The first kappa shape index (κ1) is 15.0. The summed E-state index contributed by atoms with van der Waals surface area (Å²) >= 11 is 0. The molecule has 0 spiro atoms. The topological polar surface area (TPSA) is 32.3 Å². The van der Waals surface area contributed by atoms with Gasteiger partial charge in [0.25, 0.3) is 0 Å². The minimum Gasteiger partial charge on any atom is -0.311 e. The van der Waals surface area contributed by atoms with Crippen molar-refractivity contribution in [3.8, 4) is 0 Å². The highest BCUT2D eigenvalue weighted by atomic mass is 16.2. The summed E-state index contributed by atoms with van der Waals surface area (Å²) in [6.07, 6.45) is 3.97. The van der Waals surface area contributed by atoms with Gasteiger partial charge in [0.2, 0.25) is 5.91 Å². The molecule has 1 aliphatic rings. The normalized spacial score (nSPS) is 19.4. The predicted octanol–water partition coefficient (Wildman–Crippen LogP) is 2.92. The van der Waals surface area contributed by atoms with E-state index in [0.29, 0.717) is 0 Å². The first-order valence-corrected chi connectivity index (χ1v) is 7.88. The van der Waals surface area contributed by atoms with Crippen LogP contribution in [0.4, 0.5) is 5.69 Å². The highest BCUT2D eigenvalue weighted by molar-refractivity contribution is 5.99. The van der Waals surface area contributed by atoms with E-state index in [0.717, 1.165) is 38.8 Å². The average Bonchev–Trinajstić information content (AvgIpc) is 2.49. The summed E-state index contributed by atoms with van der Waals surface area (Å²) in [6.45, 7) is 8.08. The lowest BCUT2D eigenvalue weighted by atomic mass is 9.97. The minimum absolute atomic E-state index is 0.0108. The van der Waals surface area contributed by atoms with E-state index >= 15 is 0 Å². The van der Waals surface area contributed by atoms with E-state index in [1.54, 1.807) is 0 Å². The highest BCUT2D eigenvalue weighted by Gasteiger charge is 2.30. The van der Waals surface area contributed by atoms with Crippen molar-refractivity contribution in [2.45, 2.75) is 52.5 Å². The maximum absolute atomic E-state index is 12.7. The third-order valence-corrected chi connectivity index (χ3v) is 4.12. The van der Waals surface area contributed by atoms with Gasteiger partial charge < -0.3 is 10.2 Å². The van der Waals surface area contributed by atoms with Crippen LogP contribution in [0.2, 0.25) is 0 Å². The zero-order valence-electron chi connectivity index (χ0n) is 12.9. The summed E-state index contributed by atoms with van der Waals surface area (Å²) in [5, 5.41) is 3.32. The Balaban J connectivity index is 2.36. The van der Waals surface area contributed by atoms with Crippen LogP contribution in [0.5, 0.6) is 0 Å². The molecule has 1 heterocycles. The van der Waals surface area contributed by atoms with Crippen LogP contribution in [0.25, 0.3) is 0 Å². The van der Waals surface area contributed by atoms with Crippen molar-refractivity contribution in [1.29, 1.82) is 0 Å². The first-order chi connectivity index (χ1) is 9.72. The molecule has 2 rings (SSSR count). The molecule has 1 aliphatic heterocycles. The van der Waals surface area contributed by atoms with Gasteiger partial charge in [-0.15, -0.1) is 0 Å². The molecule has 1 unspecified atom stereocenters. The average molecular weight is 274 g/mol. The molecule has 3 heteroatoms. The second-order valence-electron chi connectivity index (χ2n) is 5.37. The molecule has 1 N–H and O–H groups in total. The molecule has 20 heavy (non-hydrogen) atoms. The Hall–Kier alpha value is -1.35. The summed E-state index contributed by atoms with van der Waals surface area (Å²) in [5.41, 5.74) is 3.75. The number of anilines is 1. The van der Waals surface area contributed by atoms with E-state index in [1.165, 1.54) is 16.8 Å². The Labute approximate surface area is 122 Å². The zero-order valence-corrected chi connectivity index (χ0v) is 12.9. The smallest absolute Gasteiger partial charge is 0.244 e.